The average Bonchev–Trinajstić information content (AvgIpc) is 2.64. The lowest BCUT2D eigenvalue weighted by atomic mass is 9.95. The molecule has 3 rings (SSSR count). The molecule has 146 valence electrons. The van der Waals surface area contributed by atoms with Gasteiger partial charge in [-0.1, -0.05) is 41.9 Å². The van der Waals surface area contributed by atoms with E-state index in [1.54, 1.807) is 37.3 Å². The van der Waals surface area contributed by atoms with Gasteiger partial charge >= 0.3 is 11.9 Å². The monoisotopic (exact) mass is 403 g/mol. The molecule has 0 bridgehead atoms. The zero-order valence-electron chi connectivity index (χ0n) is 14.9. The van der Waals surface area contributed by atoms with Crippen molar-refractivity contribution in [3.63, 3.8) is 0 Å². The van der Waals surface area contributed by atoms with Crippen molar-refractivity contribution in [2.75, 3.05) is 0 Å². The first-order valence-electron chi connectivity index (χ1n) is 8.60. The second kappa shape index (κ2) is 7.90. The van der Waals surface area contributed by atoms with Crippen LogP contribution in [0.1, 0.15) is 38.8 Å². The minimum Gasteiger partial charge on any atom is -0.506 e. The summed E-state index contributed by atoms with van der Waals surface area (Å²) in [5.74, 6) is -3.43. The van der Waals surface area contributed by atoms with Crippen LogP contribution in [0.4, 0.5) is 0 Å². The number of hydrogen-bond donors (Lipinski definition) is 3. The Morgan fingerprint density at radius 3 is 2.64 bits per heavy atom. The topological polar surface area (TPSA) is 113 Å². The second-order valence-corrected chi connectivity index (χ2v) is 6.99. The molecule has 28 heavy (non-hydrogen) atoms. The molecule has 2 atom stereocenters. The first-order valence-corrected chi connectivity index (χ1v) is 8.98. The fraction of sp³-hybridized carbons (Fsp3) is 0.250. The number of aromatic hydroxyl groups is 1. The van der Waals surface area contributed by atoms with E-state index in [1.807, 2.05) is 0 Å². The van der Waals surface area contributed by atoms with Gasteiger partial charge in [-0.3, -0.25) is 4.79 Å². The van der Waals surface area contributed by atoms with Gasteiger partial charge in [-0.25, -0.2) is 9.59 Å². The average molecular weight is 404 g/mol. The number of benzene rings is 2. The molecule has 0 aliphatic carbocycles. The number of fused-ring (bicyclic) bond motifs is 1. The number of nitrogens with one attached hydrogen (secondary N) is 1. The number of ether oxygens (including phenoxy) is 1. The van der Waals surface area contributed by atoms with Gasteiger partial charge in [-0.2, -0.15) is 0 Å². The van der Waals surface area contributed by atoms with Gasteiger partial charge in [0.2, 0.25) is 0 Å². The summed E-state index contributed by atoms with van der Waals surface area (Å²) < 4.78 is 5.10. The first kappa shape index (κ1) is 19.7. The second-order valence-electron chi connectivity index (χ2n) is 6.58. The Bertz CT molecular complexity index is 943. The smallest absolute Gasteiger partial charge is 0.342 e. The van der Waals surface area contributed by atoms with E-state index in [0.29, 0.717) is 12.0 Å². The van der Waals surface area contributed by atoms with E-state index < -0.39 is 35.7 Å². The minimum atomic E-state index is -1.23. The lowest BCUT2D eigenvalue weighted by molar-refractivity contribution is -0.139. The largest absolute Gasteiger partial charge is 0.506 e. The summed E-state index contributed by atoms with van der Waals surface area (Å²) in [6, 6.07) is 8.81. The van der Waals surface area contributed by atoms with Crippen LogP contribution in [0.5, 0.6) is 5.75 Å². The molecule has 0 spiro atoms. The van der Waals surface area contributed by atoms with Crippen molar-refractivity contribution in [3.05, 3.63) is 63.7 Å². The summed E-state index contributed by atoms with van der Waals surface area (Å²) in [6.07, 6.45) is -0.0407. The van der Waals surface area contributed by atoms with E-state index in [2.05, 4.69) is 5.32 Å². The van der Waals surface area contributed by atoms with Crippen molar-refractivity contribution >= 4 is 29.4 Å². The van der Waals surface area contributed by atoms with E-state index >= 15 is 0 Å². The third kappa shape index (κ3) is 3.94. The Kier molecular flexibility index (Phi) is 5.56. The number of carboxylic acid groups (broad SMARTS) is 1. The summed E-state index contributed by atoms with van der Waals surface area (Å²) in [5.41, 5.74) is 0.680. The maximum atomic E-state index is 12.6. The fourth-order valence-electron chi connectivity index (χ4n) is 3.13. The molecule has 1 amide bonds. The van der Waals surface area contributed by atoms with Gasteiger partial charge in [0.1, 0.15) is 23.5 Å². The molecule has 0 aromatic heterocycles. The molecule has 0 fully saturated rings. The highest BCUT2D eigenvalue weighted by Gasteiger charge is 2.33. The molecule has 1 heterocycles. The standard InChI is InChI=1S/C20H18ClNO6/c1-10-7-12-14(21)9-13(17(23)16(12)20(27)28-10)18(24)22-15(19(25)26)8-11-5-3-2-4-6-11/h2-6,9-10,15,23H,7-8H2,1H3,(H,22,24)(H,25,26)/t10?,15-/m1/s1. The molecule has 0 saturated carbocycles. The molecule has 2 aromatic rings. The van der Waals surface area contributed by atoms with Crippen LogP contribution in [0, 0.1) is 0 Å². The number of esters is 1. The number of halogens is 1. The normalized spacial score (nSPS) is 16.6. The molecule has 7 nitrogen and oxygen atoms in total. The Balaban J connectivity index is 1.89. The molecule has 1 aliphatic rings. The maximum Gasteiger partial charge on any atom is 0.342 e. The van der Waals surface area contributed by atoms with Gasteiger partial charge in [0.05, 0.1) is 5.56 Å². The number of amides is 1. The summed E-state index contributed by atoms with van der Waals surface area (Å²) in [5, 5.41) is 22.4. The minimum absolute atomic E-state index is 0.0565. The van der Waals surface area contributed by atoms with Crippen LogP contribution in [-0.4, -0.2) is 40.2 Å². The number of rotatable bonds is 5. The molecular formula is C20H18ClNO6. The van der Waals surface area contributed by atoms with Crippen LogP contribution in [0.3, 0.4) is 0 Å². The Labute approximate surface area is 165 Å². The molecular weight excluding hydrogens is 386 g/mol. The number of carboxylic acids is 1. The van der Waals surface area contributed by atoms with Crippen molar-refractivity contribution in [3.8, 4) is 5.75 Å². The molecule has 3 N–H and O–H groups in total. The van der Waals surface area contributed by atoms with Gasteiger partial charge < -0.3 is 20.3 Å². The molecule has 1 aliphatic heterocycles. The number of phenolic OH excluding ortho intramolecular Hbond substituents is 1. The van der Waals surface area contributed by atoms with Crippen molar-refractivity contribution in [2.45, 2.75) is 31.9 Å². The van der Waals surface area contributed by atoms with Gasteiger partial charge in [-0.05, 0) is 24.1 Å². The zero-order valence-corrected chi connectivity index (χ0v) is 15.7. The van der Waals surface area contributed by atoms with Gasteiger partial charge in [0, 0.05) is 17.9 Å². The third-order valence-electron chi connectivity index (χ3n) is 4.49. The highest BCUT2D eigenvalue weighted by Crippen LogP contribution is 2.36. The number of carbonyl (C=O) groups is 3. The highest BCUT2D eigenvalue weighted by molar-refractivity contribution is 6.32. The van der Waals surface area contributed by atoms with E-state index in [0.717, 1.165) is 5.56 Å². The van der Waals surface area contributed by atoms with Gasteiger partial charge in [-0.15, -0.1) is 0 Å². The van der Waals surface area contributed by atoms with Crippen molar-refractivity contribution in [1.29, 1.82) is 0 Å². The quantitative estimate of drug-likeness (QED) is 0.661. The Hall–Kier alpha value is -3.06. The van der Waals surface area contributed by atoms with Gasteiger partial charge in [0.25, 0.3) is 5.91 Å². The van der Waals surface area contributed by atoms with Crippen LogP contribution in [0.15, 0.2) is 36.4 Å². The SMILES string of the molecule is CC1Cc2c(Cl)cc(C(=O)N[C@H](Cc3ccccc3)C(=O)O)c(O)c2C(=O)O1. The molecule has 1 unspecified atom stereocenters. The number of cyclic esters (lactones) is 1. The van der Waals surface area contributed by atoms with Crippen LogP contribution >= 0.6 is 11.6 Å². The lowest BCUT2D eigenvalue weighted by Gasteiger charge is -2.24. The fourth-order valence-corrected chi connectivity index (χ4v) is 3.41. The summed E-state index contributed by atoms with van der Waals surface area (Å²) in [6.45, 7) is 1.69. The molecule has 0 saturated heterocycles. The number of carbonyl (C=O) groups excluding carboxylic acids is 2. The third-order valence-corrected chi connectivity index (χ3v) is 4.82. The number of aliphatic carboxylic acids is 1. The van der Waals surface area contributed by atoms with Crippen molar-refractivity contribution in [1.82, 2.24) is 5.32 Å². The van der Waals surface area contributed by atoms with Crippen LogP contribution in [-0.2, 0) is 22.4 Å². The van der Waals surface area contributed by atoms with Crippen molar-refractivity contribution in [2.24, 2.45) is 0 Å². The Morgan fingerprint density at radius 2 is 2.00 bits per heavy atom. The maximum absolute atomic E-state index is 12.6. The van der Waals surface area contributed by atoms with Gasteiger partial charge in [0.15, 0.2) is 0 Å². The van der Waals surface area contributed by atoms with E-state index in [9.17, 15) is 24.6 Å². The predicted molar refractivity (Wildman–Crippen MR) is 101 cm³/mol. The number of hydrogen-bond acceptors (Lipinski definition) is 5. The predicted octanol–water partition coefficient (Wildman–Crippen LogP) is 2.57. The van der Waals surface area contributed by atoms with Crippen LogP contribution in [0.25, 0.3) is 0 Å². The van der Waals surface area contributed by atoms with Crippen LogP contribution < -0.4 is 5.32 Å². The summed E-state index contributed by atoms with van der Waals surface area (Å²) in [4.78, 5) is 36.3. The molecule has 2 aromatic carbocycles. The van der Waals surface area contributed by atoms with E-state index in [-0.39, 0.29) is 22.6 Å². The van der Waals surface area contributed by atoms with Crippen LogP contribution in [0.2, 0.25) is 5.02 Å². The van der Waals surface area contributed by atoms with E-state index in [1.165, 1.54) is 6.07 Å². The molecule has 8 heteroatoms. The summed E-state index contributed by atoms with van der Waals surface area (Å²) >= 11 is 6.21. The highest BCUT2D eigenvalue weighted by atomic mass is 35.5. The van der Waals surface area contributed by atoms with Crippen molar-refractivity contribution < 1.29 is 29.3 Å². The summed E-state index contributed by atoms with van der Waals surface area (Å²) in [7, 11) is 0. The van der Waals surface area contributed by atoms with E-state index in [4.69, 9.17) is 16.3 Å². The Morgan fingerprint density at radius 1 is 1.32 bits per heavy atom. The number of phenols is 1. The zero-order chi connectivity index (χ0) is 20.4. The molecule has 0 radical (unpaired) electrons. The first-order chi connectivity index (χ1) is 13.3. The lowest BCUT2D eigenvalue weighted by Crippen LogP contribution is -2.42.